The number of aldehydes is 1. The monoisotopic (exact) mass is 243 g/mol. The fraction of sp³-hybridized carbons (Fsp3) is 0.846. The van der Waals surface area contributed by atoms with Crippen LogP contribution in [-0.2, 0) is 9.53 Å². The lowest BCUT2D eigenvalue weighted by atomic mass is 9.93. The van der Waals surface area contributed by atoms with Crippen molar-refractivity contribution in [1.29, 1.82) is 0 Å². The molecule has 2 atom stereocenters. The predicted octanol–water partition coefficient (Wildman–Crippen LogP) is 2.76. The third-order valence-corrected chi connectivity index (χ3v) is 2.29. The Kier molecular flexibility index (Phi) is 6.21. The van der Waals surface area contributed by atoms with Crippen molar-refractivity contribution in [2.24, 2.45) is 11.8 Å². The Morgan fingerprint density at radius 2 is 1.82 bits per heavy atom. The van der Waals surface area contributed by atoms with Gasteiger partial charge in [0.15, 0.2) is 0 Å². The summed E-state index contributed by atoms with van der Waals surface area (Å²) < 4.78 is 5.12. The molecular weight excluding hydrogens is 218 g/mol. The van der Waals surface area contributed by atoms with Crippen molar-refractivity contribution in [2.75, 3.05) is 0 Å². The van der Waals surface area contributed by atoms with Gasteiger partial charge >= 0.3 is 6.09 Å². The molecule has 0 fully saturated rings. The number of carbonyl (C=O) groups is 2. The molecule has 100 valence electrons. The normalized spacial score (nSPS) is 15.2. The summed E-state index contributed by atoms with van der Waals surface area (Å²) in [6.45, 7) is 11.5. The maximum absolute atomic E-state index is 11.5. The highest BCUT2D eigenvalue weighted by Gasteiger charge is 2.23. The second-order valence-corrected chi connectivity index (χ2v) is 5.91. The van der Waals surface area contributed by atoms with Crippen molar-refractivity contribution in [3.05, 3.63) is 0 Å². The second-order valence-electron chi connectivity index (χ2n) is 5.91. The summed E-state index contributed by atoms with van der Waals surface area (Å²) in [5.74, 6) is 0.605. The van der Waals surface area contributed by atoms with Crippen molar-refractivity contribution in [3.63, 3.8) is 0 Å². The lowest BCUT2D eigenvalue weighted by molar-refractivity contribution is -0.110. The van der Waals surface area contributed by atoms with E-state index in [-0.39, 0.29) is 5.92 Å². The van der Waals surface area contributed by atoms with E-state index < -0.39 is 17.7 Å². The molecule has 0 aliphatic heterocycles. The van der Waals surface area contributed by atoms with Crippen LogP contribution in [0.1, 0.15) is 48.0 Å². The van der Waals surface area contributed by atoms with Crippen molar-refractivity contribution in [3.8, 4) is 0 Å². The van der Waals surface area contributed by atoms with Gasteiger partial charge in [-0.25, -0.2) is 4.79 Å². The molecule has 1 unspecified atom stereocenters. The van der Waals surface area contributed by atoms with Crippen LogP contribution in [0.2, 0.25) is 0 Å². The minimum Gasteiger partial charge on any atom is -0.444 e. The van der Waals surface area contributed by atoms with E-state index in [0.29, 0.717) is 5.92 Å². The largest absolute Gasteiger partial charge is 0.444 e. The molecule has 0 radical (unpaired) electrons. The van der Waals surface area contributed by atoms with Crippen LogP contribution in [-0.4, -0.2) is 24.0 Å². The maximum atomic E-state index is 11.5. The van der Waals surface area contributed by atoms with Gasteiger partial charge in [-0.1, -0.05) is 20.8 Å². The zero-order chi connectivity index (χ0) is 13.6. The summed E-state index contributed by atoms with van der Waals surface area (Å²) in [7, 11) is 0. The zero-order valence-corrected chi connectivity index (χ0v) is 11.7. The first-order valence-corrected chi connectivity index (χ1v) is 6.10. The Morgan fingerprint density at radius 1 is 1.29 bits per heavy atom. The SMILES string of the molecule is CC(C)CC(C)[C@H](C=O)NC(=O)OC(C)(C)C. The van der Waals surface area contributed by atoms with Gasteiger partial charge in [0.05, 0.1) is 6.04 Å². The topological polar surface area (TPSA) is 55.4 Å². The van der Waals surface area contributed by atoms with Crippen LogP contribution in [0.3, 0.4) is 0 Å². The van der Waals surface area contributed by atoms with Gasteiger partial charge in [-0.3, -0.25) is 0 Å². The highest BCUT2D eigenvalue weighted by Crippen LogP contribution is 2.14. The molecule has 0 saturated carbocycles. The summed E-state index contributed by atoms with van der Waals surface area (Å²) in [5, 5.41) is 2.60. The van der Waals surface area contributed by atoms with E-state index in [1.54, 1.807) is 20.8 Å². The first kappa shape index (κ1) is 15.9. The number of hydrogen-bond acceptors (Lipinski definition) is 3. The lowest BCUT2D eigenvalue weighted by Gasteiger charge is -2.24. The fourth-order valence-corrected chi connectivity index (χ4v) is 1.64. The maximum Gasteiger partial charge on any atom is 0.408 e. The van der Waals surface area contributed by atoms with E-state index in [9.17, 15) is 9.59 Å². The molecule has 0 heterocycles. The molecule has 0 saturated heterocycles. The number of alkyl carbamates (subject to hydrolysis) is 1. The summed E-state index contributed by atoms with van der Waals surface area (Å²) >= 11 is 0. The van der Waals surface area contributed by atoms with E-state index in [1.165, 1.54) is 0 Å². The highest BCUT2D eigenvalue weighted by atomic mass is 16.6. The average molecular weight is 243 g/mol. The Labute approximate surface area is 104 Å². The standard InChI is InChI=1S/C13H25NO3/c1-9(2)7-10(3)11(8-15)14-12(16)17-13(4,5)6/h8-11H,7H2,1-6H3,(H,14,16)/t10?,11-/m0/s1. The Bertz CT molecular complexity index is 256. The van der Waals surface area contributed by atoms with E-state index in [1.807, 2.05) is 6.92 Å². The third-order valence-electron chi connectivity index (χ3n) is 2.29. The van der Waals surface area contributed by atoms with Gasteiger partial charge in [0, 0.05) is 0 Å². The molecule has 0 bridgehead atoms. The molecule has 0 spiro atoms. The van der Waals surface area contributed by atoms with Crippen molar-refractivity contribution in [2.45, 2.75) is 59.6 Å². The number of nitrogens with one attached hydrogen (secondary N) is 1. The molecule has 4 nitrogen and oxygen atoms in total. The van der Waals surface area contributed by atoms with Crippen LogP contribution in [0.4, 0.5) is 4.79 Å². The predicted molar refractivity (Wildman–Crippen MR) is 67.8 cm³/mol. The van der Waals surface area contributed by atoms with Crippen LogP contribution >= 0.6 is 0 Å². The number of carbonyl (C=O) groups excluding carboxylic acids is 2. The van der Waals surface area contributed by atoms with E-state index in [2.05, 4.69) is 19.2 Å². The van der Waals surface area contributed by atoms with E-state index in [0.717, 1.165) is 12.7 Å². The number of hydrogen-bond donors (Lipinski definition) is 1. The van der Waals surface area contributed by atoms with Gasteiger partial charge in [-0.2, -0.15) is 0 Å². The number of ether oxygens (including phenoxy) is 1. The summed E-state index contributed by atoms with van der Waals surface area (Å²) in [5.41, 5.74) is -0.543. The summed E-state index contributed by atoms with van der Waals surface area (Å²) in [6.07, 6.45) is 1.13. The lowest BCUT2D eigenvalue weighted by Crippen LogP contribution is -2.43. The van der Waals surface area contributed by atoms with Gasteiger partial charge in [0.1, 0.15) is 11.9 Å². The number of amides is 1. The van der Waals surface area contributed by atoms with Gasteiger partial charge in [0.25, 0.3) is 0 Å². The molecule has 1 N–H and O–H groups in total. The van der Waals surface area contributed by atoms with E-state index >= 15 is 0 Å². The molecule has 0 aromatic rings. The number of rotatable bonds is 5. The molecule has 17 heavy (non-hydrogen) atoms. The van der Waals surface area contributed by atoms with Crippen molar-refractivity contribution < 1.29 is 14.3 Å². The average Bonchev–Trinajstić information content (AvgIpc) is 2.09. The van der Waals surface area contributed by atoms with Gasteiger partial charge in [-0.05, 0) is 39.0 Å². The van der Waals surface area contributed by atoms with Crippen LogP contribution in [0.15, 0.2) is 0 Å². The summed E-state index contributed by atoms with van der Waals surface area (Å²) in [4.78, 5) is 22.5. The molecule has 0 aliphatic rings. The minimum atomic E-state index is -0.543. The highest BCUT2D eigenvalue weighted by molar-refractivity contribution is 5.73. The second kappa shape index (κ2) is 6.62. The molecular formula is C13H25NO3. The van der Waals surface area contributed by atoms with Crippen molar-refractivity contribution in [1.82, 2.24) is 5.32 Å². The quantitative estimate of drug-likeness (QED) is 0.755. The van der Waals surface area contributed by atoms with Crippen LogP contribution < -0.4 is 5.32 Å². The molecule has 0 aromatic carbocycles. The fourth-order valence-electron chi connectivity index (χ4n) is 1.64. The van der Waals surface area contributed by atoms with Crippen LogP contribution in [0.25, 0.3) is 0 Å². The first-order valence-electron chi connectivity index (χ1n) is 6.10. The smallest absolute Gasteiger partial charge is 0.408 e. The molecule has 0 aliphatic carbocycles. The van der Waals surface area contributed by atoms with Crippen LogP contribution in [0, 0.1) is 11.8 Å². The van der Waals surface area contributed by atoms with Gasteiger partial charge < -0.3 is 14.8 Å². The molecule has 0 rings (SSSR count). The minimum absolute atomic E-state index is 0.111. The summed E-state index contributed by atoms with van der Waals surface area (Å²) in [6, 6.07) is -0.479. The molecule has 4 heteroatoms. The first-order chi connectivity index (χ1) is 7.65. The Balaban J connectivity index is 4.30. The van der Waals surface area contributed by atoms with Crippen molar-refractivity contribution >= 4 is 12.4 Å². The van der Waals surface area contributed by atoms with Gasteiger partial charge in [-0.15, -0.1) is 0 Å². The van der Waals surface area contributed by atoms with Gasteiger partial charge in [0.2, 0.25) is 0 Å². The van der Waals surface area contributed by atoms with E-state index in [4.69, 9.17) is 4.74 Å². The zero-order valence-electron chi connectivity index (χ0n) is 11.7. The van der Waals surface area contributed by atoms with Crippen LogP contribution in [0.5, 0.6) is 0 Å². The molecule has 1 amide bonds. The molecule has 0 aromatic heterocycles. The third kappa shape index (κ3) is 7.77. The Hall–Kier alpha value is -1.06. The Morgan fingerprint density at radius 3 is 2.18 bits per heavy atom.